The summed E-state index contributed by atoms with van der Waals surface area (Å²) in [4.78, 5) is 4.05. The zero-order valence-electron chi connectivity index (χ0n) is 8.46. The van der Waals surface area contributed by atoms with Crippen molar-refractivity contribution >= 4 is 62.1 Å². The predicted octanol–water partition coefficient (Wildman–Crippen LogP) is 5.78. The molecule has 90 valence electrons. The van der Waals surface area contributed by atoms with E-state index in [1.807, 2.05) is 12.1 Å². The van der Waals surface area contributed by atoms with Gasteiger partial charge in [-0.15, -0.1) is 11.3 Å². The molecular formula is C11H7BrCl3NS. The van der Waals surface area contributed by atoms with Gasteiger partial charge in [-0.1, -0.05) is 50.7 Å². The SMILES string of the molecule is Clc1cc(C(Br)Cc2ccncc2Cl)c(Cl)s1. The molecule has 0 saturated carbocycles. The van der Waals surface area contributed by atoms with E-state index in [4.69, 9.17) is 34.8 Å². The van der Waals surface area contributed by atoms with Gasteiger partial charge in [-0.2, -0.15) is 0 Å². The molecule has 0 N–H and O–H groups in total. The Hall–Kier alpha value is 0.200. The van der Waals surface area contributed by atoms with Crippen LogP contribution in [0.5, 0.6) is 0 Å². The predicted molar refractivity (Wildman–Crippen MR) is 79.0 cm³/mol. The highest BCUT2D eigenvalue weighted by Gasteiger charge is 2.16. The quantitative estimate of drug-likeness (QED) is 0.623. The molecule has 0 radical (unpaired) electrons. The van der Waals surface area contributed by atoms with Crippen molar-refractivity contribution in [2.75, 3.05) is 0 Å². The summed E-state index contributed by atoms with van der Waals surface area (Å²) in [6, 6.07) is 3.78. The van der Waals surface area contributed by atoms with E-state index >= 15 is 0 Å². The molecule has 2 aromatic heterocycles. The second kappa shape index (κ2) is 5.89. The van der Waals surface area contributed by atoms with Gasteiger partial charge in [0.05, 0.1) is 13.7 Å². The highest BCUT2D eigenvalue weighted by atomic mass is 79.9. The summed E-state index contributed by atoms with van der Waals surface area (Å²) in [5.74, 6) is 0. The maximum absolute atomic E-state index is 6.10. The number of aromatic nitrogens is 1. The number of hydrogen-bond acceptors (Lipinski definition) is 2. The molecule has 6 heteroatoms. The van der Waals surface area contributed by atoms with Crippen molar-refractivity contribution in [1.29, 1.82) is 0 Å². The summed E-state index contributed by atoms with van der Waals surface area (Å²) < 4.78 is 1.40. The maximum Gasteiger partial charge on any atom is 0.0987 e. The summed E-state index contributed by atoms with van der Waals surface area (Å²) in [6.07, 6.45) is 4.11. The van der Waals surface area contributed by atoms with Crippen LogP contribution in [0.1, 0.15) is 16.0 Å². The lowest BCUT2D eigenvalue weighted by Gasteiger charge is -2.09. The Kier molecular flexibility index (Phi) is 4.72. The Balaban J connectivity index is 2.20. The number of alkyl halides is 1. The molecule has 0 spiro atoms. The van der Waals surface area contributed by atoms with Crippen molar-refractivity contribution in [3.05, 3.63) is 49.3 Å². The minimum absolute atomic E-state index is 0.0960. The average molecular weight is 372 g/mol. The third-order valence-corrected chi connectivity index (χ3v) is 4.95. The Morgan fingerprint density at radius 1 is 1.35 bits per heavy atom. The number of hydrogen-bond donors (Lipinski definition) is 0. The van der Waals surface area contributed by atoms with Gasteiger partial charge in [0.2, 0.25) is 0 Å². The van der Waals surface area contributed by atoms with Gasteiger partial charge in [0, 0.05) is 17.2 Å². The van der Waals surface area contributed by atoms with Gasteiger partial charge in [-0.3, -0.25) is 4.98 Å². The standard InChI is InChI=1S/C11H7BrCl3NS/c12-8(7-4-10(14)17-11(7)15)3-6-1-2-16-5-9(6)13/h1-2,4-5,8H,3H2. The summed E-state index contributed by atoms with van der Waals surface area (Å²) in [5, 5.41) is 0.661. The summed E-state index contributed by atoms with van der Waals surface area (Å²) in [7, 11) is 0. The molecule has 1 nitrogen and oxygen atoms in total. The van der Waals surface area contributed by atoms with Gasteiger partial charge < -0.3 is 0 Å². The van der Waals surface area contributed by atoms with E-state index in [9.17, 15) is 0 Å². The van der Waals surface area contributed by atoms with Crippen LogP contribution in [0.2, 0.25) is 13.7 Å². The smallest absolute Gasteiger partial charge is 0.0987 e. The van der Waals surface area contributed by atoms with Crippen LogP contribution in [0.15, 0.2) is 24.5 Å². The number of halogens is 4. The van der Waals surface area contributed by atoms with Crippen molar-refractivity contribution in [3.63, 3.8) is 0 Å². The molecule has 0 aliphatic heterocycles. The summed E-state index contributed by atoms with van der Waals surface area (Å²) in [6.45, 7) is 0. The van der Waals surface area contributed by atoms with Crippen LogP contribution in [0, 0.1) is 0 Å². The van der Waals surface area contributed by atoms with Crippen LogP contribution < -0.4 is 0 Å². The van der Waals surface area contributed by atoms with Crippen LogP contribution in [-0.4, -0.2) is 4.98 Å². The molecule has 0 fully saturated rings. The van der Waals surface area contributed by atoms with Crippen molar-refractivity contribution in [3.8, 4) is 0 Å². The molecule has 0 aromatic carbocycles. The Labute approximate surface area is 127 Å². The van der Waals surface area contributed by atoms with Crippen LogP contribution in [0.4, 0.5) is 0 Å². The third-order valence-electron chi connectivity index (χ3n) is 2.28. The van der Waals surface area contributed by atoms with E-state index in [1.54, 1.807) is 12.4 Å². The van der Waals surface area contributed by atoms with Crippen molar-refractivity contribution in [2.24, 2.45) is 0 Å². The Bertz CT molecular complexity index is 529. The molecule has 0 amide bonds. The van der Waals surface area contributed by atoms with Crippen LogP contribution >= 0.6 is 62.1 Å². The van der Waals surface area contributed by atoms with E-state index in [2.05, 4.69) is 20.9 Å². The van der Waals surface area contributed by atoms with Gasteiger partial charge >= 0.3 is 0 Å². The summed E-state index contributed by atoms with van der Waals surface area (Å²) in [5.41, 5.74) is 2.02. The Morgan fingerprint density at radius 3 is 2.71 bits per heavy atom. The van der Waals surface area contributed by atoms with E-state index in [1.165, 1.54) is 11.3 Å². The third kappa shape index (κ3) is 3.36. The average Bonchev–Trinajstić information content (AvgIpc) is 2.61. The summed E-state index contributed by atoms with van der Waals surface area (Å²) >= 11 is 23.1. The first-order chi connectivity index (χ1) is 8.08. The van der Waals surface area contributed by atoms with Crippen molar-refractivity contribution in [2.45, 2.75) is 11.2 Å². The first-order valence-electron chi connectivity index (χ1n) is 4.75. The molecule has 2 aromatic rings. The molecule has 0 saturated heterocycles. The largest absolute Gasteiger partial charge is 0.263 e. The molecule has 17 heavy (non-hydrogen) atoms. The zero-order valence-corrected chi connectivity index (χ0v) is 13.1. The van der Waals surface area contributed by atoms with Gasteiger partial charge in [0.1, 0.15) is 0 Å². The van der Waals surface area contributed by atoms with Gasteiger partial charge in [-0.25, -0.2) is 0 Å². The molecule has 1 unspecified atom stereocenters. The lowest BCUT2D eigenvalue weighted by atomic mass is 10.1. The molecule has 2 rings (SSSR count). The molecule has 0 aliphatic carbocycles. The monoisotopic (exact) mass is 369 g/mol. The maximum atomic E-state index is 6.10. The second-order valence-corrected chi connectivity index (χ2v) is 7.22. The van der Waals surface area contributed by atoms with Crippen LogP contribution in [-0.2, 0) is 6.42 Å². The highest BCUT2D eigenvalue weighted by Crippen LogP contribution is 2.40. The van der Waals surface area contributed by atoms with Crippen LogP contribution in [0.25, 0.3) is 0 Å². The minimum atomic E-state index is 0.0960. The van der Waals surface area contributed by atoms with E-state index < -0.39 is 0 Å². The highest BCUT2D eigenvalue weighted by molar-refractivity contribution is 9.09. The second-order valence-electron chi connectivity index (χ2n) is 3.42. The first-order valence-corrected chi connectivity index (χ1v) is 7.61. The minimum Gasteiger partial charge on any atom is -0.263 e. The van der Waals surface area contributed by atoms with E-state index in [-0.39, 0.29) is 4.83 Å². The molecule has 0 aliphatic rings. The molecular weight excluding hydrogens is 364 g/mol. The fraction of sp³-hybridized carbons (Fsp3) is 0.182. The number of thiophene rings is 1. The van der Waals surface area contributed by atoms with Crippen LogP contribution in [0.3, 0.4) is 0 Å². The Morgan fingerprint density at radius 2 is 2.12 bits per heavy atom. The van der Waals surface area contributed by atoms with Gasteiger partial charge in [0.25, 0.3) is 0 Å². The number of pyridine rings is 1. The molecule has 2 heterocycles. The fourth-order valence-corrected chi connectivity index (χ4v) is 4.21. The van der Waals surface area contributed by atoms with Crippen molar-refractivity contribution in [1.82, 2.24) is 4.98 Å². The normalized spacial score (nSPS) is 12.7. The zero-order chi connectivity index (χ0) is 12.4. The topological polar surface area (TPSA) is 12.9 Å². The number of rotatable bonds is 3. The van der Waals surface area contributed by atoms with Gasteiger partial charge in [-0.05, 0) is 29.7 Å². The number of nitrogens with zero attached hydrogens (tertiary/aromatic N) is 1. The lowest BCUT2D eigenvalue weighted by molar-refractivity contribution is 0.950. The van der Waals surface area contributed by atoms with Gasteiger partial charge in [0.15, 0.2) is 0 Å². The molecule has 0 bridgehead atoms. The first kappa shape index (κ1) is 13.6. The van der Waals surface area contributed by atoms with E-state index in [0.29, 0.717) is 13.7 Å². The van der Waals surface area contributed by atoms with Crippen molar-refractivity contribution < 1.29 is 0 Å². The molecule has 1 atom stereocenters. The lowest BCUT2D eigenvalue weighted by Crippen LogP contribution is -1.95. The fourth-order valence-electron chi connectivity index (χ4n) is 1.44. The van der Waals surface area contributed by atoms with E-state index in [0.717, 1.165) is 17.5 Å².